The molecule has 5 heteroatoms. The highest BCUT2D eigenvalue weighted by Crippen LogP contribution is 2.21. The zero-order valence-corrected chi connectivity index (χ0v) is 10.4. The summed E-state index contributed by atoms with van der Waals surface area (Å²) < 4.78 is 13.4. The summed E-state index contributed by atoms with van der Waals surface area (Å²) >= 11 is 11.0. The predicted molar refractivity (Wildman–Crippen MR) is 64.5 cm³/mol. The first kappa shape index (κ1) is 13.3. The van der Waals surface area contributed by atoms with Crippen LogP contribution in [0.4, 0.5) is 10.1 Å². The van der Waals surface area contributed by atoms with Crippen molar-refractivity contribution >= 4 is 34.1 Å². The second kappa shape index (κ2) is 5.51. The Morgan fingerprint density at radius 3 is 2.50 bits per heavy atom. The van der Waals surface area contributed by atoms with E-state index in [0.717, 1.165) is 0 Å². The lowest BCUT2D eigenvalue weighted by Gasteiger charge is -2.19. The highest BCUT2D eigenvalue weighted by Gasteiger charge is 2.21. The number of carbonyl (C=O) groups is 1. The van der Waals surface area contributed by atoms with E-state index in [2.05, 4.69) is 5.32 Å². The van der Waals surface area contributed by atoms with Gasteiger partial charge in [0.2, 0.25) is 5.24 Å². The summed E-state index contributed by atoms with van der Waals surface area (Å²) in [5.41, 5.74) is 0.220. The quantitative estimate of drug-likeness (QED) is 0.840. The van der Waals surface area contributed by atoms with Crippen molar-refractivity contribution < 1.29 is 9.18 Å². The van der Waals surface area contributed by atoms with Crippen molar-refractivity contribution in [2.24, 2.45) is 5.92 Å². The Morgan fingerprint density at radius 1 is 1.44 bits per heavy atom. The van der Waals surface area contributed by atoms with Crippen LogP contribution in [0, 0.1) is 11.7 Å². The second-order valence-corrected chi connectivity index (χ2v) is 4.60. The standard InChI is InChI=1S/C11H12Cl2FNO/c1-6(2)10(11(13)16)15-9-4-3-7(12)5-8(9)14/h3-6,10,15H,1-2H3. The number of rotatable bonds is 4. The van der Waals surface area contributed by atoms with Crippen LogP contribution in [0.15, 0.2) is 18.2 Å². The minimum absolute atomic E-state index is 0.0277. The smallest absolute Gasteiger partial charge is 0.244 e. The Hall–Kier alpha value is -0.800. The molecule has 0 bridgehead atoms. The molecule has 1 aromatic carbocycles. The normalized spacial score (nSPS) is 12.6. The third-order valence-corrected chi connectivity index (χ3v) is 2.62. The van der Waals surface area contributed by atoms with Gasteiger partial charge in [0.1, 0.15) is 11.9 Å². The molecular formula is C11H12Cl2FNO. The Labute approximate surface area is 104 Å². The second-order valence-electron chi connectivity index (χ2n) is 3.79. The first-order valence-electron chi connectivity index (χ1n) is 4.82. The van der Waals surface area contributed by atoms with E-state index >= 15 is 0 Å². The summed E-state index contributed by atoms with van der Waals surface area (Å²) in [5.74, 6) is -0.531. The van der Waals surface area contributed by atoms with E-state index in [-0.39, 0.29) is 11.6 Å². The molecule has 1 unspecified atom stereocenters. The van der Waals surface area contributed by atoms with Gasteiger partial charge in [0.25, 0.3) is 0 Å². The number of carbonyl (C=O) groups excluding carboxylic acids is 1. The molecule has 88 valence electrons. The number of halogens is 3. The van der Waals surface area contributed by atoms with Crippen molar-refractivity contribution in [3.05, 3.63) is 29.0 Å². The number of hydrogen-bond acceptors (Lipinski definition) is 2. The minimum atomic E-state index is -0.614. The van der Waals surface area contributed by atoms with Crippen LogP contribution in [0.5, 0.6) is 0 Å². The lowest BCUT2D eigenvalue weighted by Crippen LogP contribution is -2.31. The van der Waals surface area contributed by atoms with Crippen LogP contribution in [0.25, 0.3) is 0 Å². The summed E-state index contributed by atoms with van der Waals surface area (Å²) in [6.07, 6.45) is 0. The van der Waals surface area contributed by atoms with Gasteiger partial charge in [-0.3, -0.25) is 4.79 Å². The third kappa shape index (κ3) is 3.35. The fourth-order valence-electron chi connectivity index (χ4n) is 1.26. The Balaban J connectivity index is 2.90. The molecule has 0 aliphatic heterocycles. The number of hydrogen-bond donors (Lipinski definition) is 1. The SMILES string of the molecule is CC(C)C(Nc1ccc(Cl)cc1F)C(=O)Cl. The molecule has 1 atom stereocenters. The lowest BCUT2D eigenvalue weighted by molar-refractivity contribution is -0.113. The molecular weight excluding hydrogens is 252 g/mol. The first-order chi connectivity index (χ1) is 7.41. The maximum Gasteiger partial charge on any atom is 0.244 e. The molecule has 16 heavy (non-hydrogen) atoms. The average molecular weight is 264 g/mol. The van der Waals surface area contributed by atoms with Crippen LogP contribution in [-0.2, 0) is 4.79 Å². The zero-order valence-electron chi connectivity index (χ0n) is 8.93. The molecule has 0 aliphatic rings. The maximum atomic E-state index is 13.4. The van der Waals surface area contributed by atoms with E-state index < -0.39 is 17.1 Å². The Kier molecular flexibility index (Phi) is 4.56. The van der Waals surface area contributed by atoms with Crippen molar-refractivity contribution in [2.75, 3.05) is 5.32 Å². The largest absolute Gasteiger partial charge is 0.372 e. The van der Waals surface area contributed by atoms with E-state index in [1.54, 1.807) is 6.07 Å². The molecule has 2 nitrogen and oxygen atoms in total. The van der Waals surface area contributed by atoms with Crippen LogP contribution in [0.2, 0.25) is 5.02 Å². The summed E-state index contributed by atoms with van der Waals surface area (Å²) in [6.45, 7) is 3.65. The summed E-state index contributed by atoms with van der Waals surface area (Å²) in [5, 5.41) is 2.53. The topological polar surface area (TPSA) is 29.1 Å². The average Bonchev–Trinajstić information content (AvgIpc) is 2.15. The number of benzene rings is 1. The van der Waals surface area contributed by atoms with Gasteiger partial charge in [-0.15, -0.1) is 0 Å². The summed E-state index contributed by atoms with van der Waals surface area (Å²) in [7, 11) is 0. The van der Waals surface area contributed by atoms with Crippen LogP contribution in [-0.4, -0.2) is 11.3 Å². The van der Waals surface area contributed by atoms with E-state index in [0.29, 0.717) is 5.02 Å². The molecule has 0 saturated heterocycles. The Bertz CT molecular complexity index is 396. The zero-order chi connectivity index (χ0) is 12.3. The van der Waals surface area contributed by atoms with Crippen molar-refractivity contribution in [3.8, 4) is 0 Å². The molecule has 0 amide bonds. The number of nitrogens with one attached hydrogen (secondary N) is 1. The minimum Gasteiger partial charge on any atom is -0.372 e. The van der Waals surface area contributed by atoms with Crippen molar-refractivity contribution in [3.63, 3.8) is 0 Å². The van der Waals surface area contributed by atoms with Gasteiger partial charge in [0.05, 0.1) is 5.69 Å². The first-order valence-corrected chi connectivity index (χ1v) is 5.58. The highest BCUT2D eigenvalue weighted by atomic mass is 35.5. The molecule has 0 heterocycles. The van der Waals surface area contributed by atoms with E-state index in [9.17, 15) is 9.18 Å². The molecule has 0 spiro atoms. The molecule has 1 N–H and O–H groups in total. The van der Waals surface area contributed by atoms with E-state index in [4.69, 9.17) is 23.2 Å². The summed E-state index contributed by atoms with van der Waals surface area (Å²) in [6, 6.07) is 3.59. The molecule has 0 radical (unpaired) electrons. The van der Waals surface area contributed by atoms with Crippen molar-refractivity contribution in [1.82, 2.24) is 0 Å². The molecule has 0 fully saturated rings. The number of anilines is 1. The Morgan fingerprint density at radius 2 is 2.06 bits per heavy atom. The maximum absolute atomic E-state index is 13.4. The van der Waals surface area contributed by atoms with Gasteiger partial charge in [0.15, 0.2) is 0 Å². The van der Waals surface area contributed by atoms with Crippen LogP contribution < -0.4 is 5.32 Å². The van der Waals surface area contributed by atoms with E-state index in [1.807, 2.05) is 13.8 Å². The fraction of sp³-hybridized carbons (Fsp3) is 0.364. The molecule has 1 rings (SSSR count). The van der Waals surface area contributed by atoms with Gasteiger partial charge in [-0.1, -0.05) is 25.4 Å². The molecule has 0 saturated carbocycles. The van der Waals surface area contributed by atoms with Gasteiger partial charge >= 0.3 is 0 Å². The van der Waals surface area contributed by atoms with Crippen molar-refractivity contribution in [2.45, 2.75) is 19.9 Å². The van der Waals surface area contributed by atoms with Crippen LogP contribution in [0.3, 0.4) is 0 Å². The van der Waals surface area contributed by atoms with Crippen LogP contribution >= 0.6 is 23.2 Å². The third-order valence-electron chi connectivity index (χ3n) is 2.15. The van der Waals surface area contributed by atoms with Crippen LogP contribution in [0.1, 0.15) is 13.8 Å². The predicted octanol–water partition coefficient (Wildman–Crippen LogP) is 3.68. The van der Waals surface area contributed by atoms with Gasteiger partial charge in [0, 0.05) is 5.02 Å². The van der Waals surface area contributed by atoms with Gasteiger partial charge in [-0.2, -0.15) is 0 Å². The molecule has 1 aromatic rings. The van der Waals surface area contributed by atoms with Gasteiger partial charge in [-0.25, -0.2) is 4.39 Å². The summed E-state index contributed by atoms with van der Waals surface area (Å²) in [4.78, 5) is 11.1. The van der Waals surface area contributed by atoms with Crippen molar-refractivity contribution in [1.29, 1.82) is 0 Å². The monoisotopic (exact) mass is 263 g/mol. The lowest BCUT2D eigenvalue weighted by atomic mass is 10.1. The van der Waals surface area contributed by atoms with E-state index in [1.165, 1.54) is 12.1 Å². The highest BCUT2D eigenvalue weighted by molar-refractivity contribution is 6.65. The molecule has 0 aromatic heterocycles. The van der Waals surface area contributed by atoms with Gasteiger partial charge < -0.3 is 5.32 Å². The molecule has 0 aliphatic carbocycles. The fourth-order valence-corrected chi connectivity index (χ4v) is 1.72. The van der Waals surface area contributed by atoms with Gasteiger partial charge in [-0.05, 0) is 35.7 Å².